The lowest BCUT2D eigenvalue weighted by Gasteiger charge is -2.29. The number of nitrogens with one attached hydrogen (secondary N) is 2. The normalized spacial score (nSPS) is 19.2. The molecule has 10 heteroatoms. The van der Waals surface area contributed by atoms with Crippen LogP contribution in [-0.2, 0) is 0 Å². The number of nitrogens with two attached hydrogens (primary N) is 1. The Morgan fingerprint density at radius 3 is 2.75 bits per heavy atom. The Kier molecular flexibility index (Phi) is 6.02. The smallest absolute Gasteiger partial charge is 0.227 e. The van der Waals surface area contributed by atoms with E-state index in [1.54, 1.807) is 12.7 Å². The first-order valence-corrected chi connectivity index (χ1v) is 8.95. The fraction of sp³-hybridized carbons (Fsp3) is 0.333. The van der Waals surface area contributed by atoms with Gasteiger partial charge in [-0.1, -0.05) is 25.0 Å². The zero-order valence-corrected chi connectivity index (χ0v) is 16.7. The van der Waals surface area contributed by atoms with Crippen molar-refractivity contribution in [1.82, 2.24) is 29.5 Å². The van der Waals surface area contributed by atoms with Crippen molar-refractivity contribution in [3.05, 3.63) is 36.9 Å². The van der Waals surface area contributed by atoms with E-state index in [9.17, 15) is 0 Å². The molecule has 0 saturated heterocycles. The Bertz CT molecular complexity index is 1080. The molecular formula is C18H22Cl2N8. The van der Waals surface area contributed by atoms with Crippen molar-refractivity contribution in [3.8, 4) is 5.82 Å². The van der Waals surface area contributed by atoms with E-state index in [0.717, 1.165) is 35.2 Å². The van der Waals surface area contributed by atoms with Crippen LogP contribution >= 0.6 is 24.8 Å². The summed E-state index contributed by atoms with van der Waals surface area (Å²) < 4.78 is 1.96. The average Bonchev–Trinajstić information content (AvgIpc) is 3.30. The molecule has 3 aromatic heterocycles. The highest BCUT2D eigenvalue weighted by Crippen LogP contribution is 2.24. The molecule has 3 heterocycles. The molecule has 148 valence electrons. The fourth-order valence-electron chi connectivity index (χ4n) is 3.69. The number of nitrogens with zero attached hydrogens (tertiary/aromatic N) is 5. The second-order valence-corrected chi connectivity index (χ2v) is 6.77. The van der Waals surface area contributed by atoms with Crippen molar-refractivity contribution >= 4 is 53.0 Å². The summed E-state index contributed by atoms with van der Waals surface area (Å²) in [6, 6.07) is 8.29. The first-order chi connectivity index (χ1) is 12.8. The topological polar surface area (TPSA) is 110 Å². The van der Waals surface area contributed by atoms with Gasteiger partial charge in [0, 0.05) is 12.1 Å². The third kappa shape index (κ3) is 3.50. The van der Waals surface area contributed by atoms with Gasteiger partial charge in [0.25, 0.3) is 0 Å². The number of H-pyrrole nitrogens is 1. The summed E-state index contributed by atoms with van der Waals surface area (Å²) in [5, 5.41) is 3.43. The molecule has 4 aromatic rings. The molecule has 0 bridgehead atoms. The highest BCUT2D eigenvalue weighted by atomic mass is 35.5. The van der Waals surface area contributed by atoms with Crippen molar-refractivity contribution in [2.75, 3.05) is 5.32 Å². The Morgan fingerprint density at radius 1 is 1.07 bits per heavy atom. The number of hydrogen-bond acceptors (Lipinski definition) is 6. The van der Waals surface area contributed by atoms with Crippen LogP contribution in [0.2, 0.25) is 0 Å². The van der Waals surface area contributed by atoms with E-state index in [2.05, 4.69) is 25.3 Å². The SMILES string of the molecule is Cl.Cl.N[C@@H]1CCCC[C@@H]1Nc1nc(-n2cnc3ccccc32)c2[nH]cnc2n1. The molecule has 0 unspecified atom stereocenters. The molecule has 1 fully saturated rings. The number of anilines is 1. The summed E-state index contributed by atoms with van der Waals surface area (Å²) in [6.07, 6.45) is 7.84. The highest BCUT2D eigenvalue weighted by molar-refractivity contribution is 5.86. The second kappa shape index (κ2) is 8.30. The maximum atomic E-state index is 6.27. The summed E-state index contributed by atoms with van der Waals surface area (Å²) in [7, 11) is 0. The van der Waals surface area contributed by atoms with Crippen LogP contribution in [-0.4, -0.2) is 41.6 Å². The van der Waals surface area contributed by atoms with Gasteiger partial charge in [0.1, 0.15) is 11.8 Å². The number of imidazole rings is 2. The Labute approximate surface area is 174 Å². The number of hydrogen-bond donors (Lipinski definition) is 3. The van der Waals surface area contributed by atoms with Gasteiger partial charge in [0.2, 0.25) is 5.95 Å². The van der Waals surface area contributed by atoms with Gasteiger partial charge in [0.05, 0.1) is 17.4 Å². The van der Waals surface area contributed by atoms with Crippen molar-refractivity contribution in [2.24, 2.45) is 5.73 Å². The second-order valence-electron chi connectivity index (χ2n) is 6.77. The van der Waals surface area contributed by atoms with Crippen molar-refractivity contribution in [1.29, 1.82) is 0 Å². The predicted octanol–water partition coefficient (Wildman–Crippen LogP) is 3.22. The van der Waals surface area contributed by atoms with Gasteiger partial charge < -0.3 is 16.0 Å². The molecule has 0 radical (unpaired) electrons. The molecular weight excluding hydrogens is 399 g/mol. The quantitative estimate of drug-likeness (QED) is 0.469. The maximum absolute atomic E-state index is 6.27. The van der Waals surface area contributed by atoms with Gasteiger partial charge in [-0.25, -0.2) is 9.97 Å². The van der Waals surface area contributed by atoms with Crippen LogP contribution < -0.4 is 11.1 Å². The van der Waals surface area contributed by atoms with Crippen LogP contribution in [0.25, 0.3) is 28.0 Å². The van der Waals surface area contributed by atoms with E-state index in [1.807, 2.05) is 28.8 Å². The summed E-state index contributed by atoms with van der Waals surface area (Å²) in [4.78, 5) is 21.3. The van der Waals surface area contributed by atoms with E-state index < -0.39 is 0 Å². The van der Waals surface area contributed by atoms with Crippen molar-refractivity contribution < 1.29 is 0 Å². The molecule has 8 nitrogen and oxygen atoms in total. The van der Waals surface area contributed by atoms with Crippen LogP contribution in [0.5, 0.6) is 0 Å². The molecule has 0 aliphatic heterocycles. The van der Waals surface area contributed by atoms with Gasteiger partial charge in [-0.05, 0) is 25.0 Å². The fourth-order valence-corrected chi connectivity index (χ4v) is 3.69. The van der Waals surface area contributed by atoms with E-state index in [0.29, 0.717) is 11.6 Å². The Hall–Kier alpha value is -2.42. The number of fused-ring (bicyclic) bond motifs is 2. The molecule has 28 heavy (non-hydrogen) atoms. The van der Waals surface area contributed by atoms with Crippen molar-refractivity contribution in [3.63, 3.8) is 0 Å². The molecule has 1 saturated carbocycles. The van der Waals surface area contributed by atoms with E-state index in [1.165, 1.54) is 12.8 Å². The number of aromatic nitrogens is 6. The lowest BCUT2D eigenvalue weighted by Crippen LogP contribution is -2.43. The lowest BCUT2D eigenvalue weighted by atomic mass is 9.91. The minimum absolute atomic E-state index is 0. The predicted molar refractivity (Wildman–Crippen MR) is 115 cm³/mol. The lowest BCUT2D eigenvalue weighted by molar-refractivity contribution is 0.402. The Morgan fingerprint density at radius 2 is 1.89 bits per heavy atom. The third-order valence-electron chi connectivity index (χ3n) is 5.08. The number of para-hydroxylation sites is 2. The maximum Gasteiger partial charge on any atom is 0.227 e. The minimum atomic E-state index is 0. The first kappa shape index (κ1) is 20.3. The van der Waals surface area contributed by atoms with E-state index in [-0.39, 0.29) is 36.9 Å². The van der Waals surface area contributed by atoms with Crippen LogP contribution in [0.4, 0.5) is 5.95 Å². The van der Waals surface area contributed by atoms with E-state index >= 15 is 0 Å². The monoisotopic (exact) mass is 420 g/mol. The molecule has 2 atom stereocenters. The van der Waals surface area contributed by atoms with Crippen molar-refractivity contribution in [2.45, 2.75) is 37.8 Å². The van der Waals surface area contributed by atoms with Gasteiger partial charge >= 0.3 is 0 Å². The number of rotatable bonds is 3. The molecule has 1 aliphatic carbocycles. The molecule has 0 spiro atoms. The third-order valence-corrected chi connectivity index (χ3v) is 5.08. The summed E-state index contributed by atoms with van der Waals surface area (Å²) in [5.74, 6) is 1.29. The summed E-state index contributed by atoms with van der Waals surface area (Å²) in [5.41, 5.74) is 9.59. The Balaban J connectivity index is 0.00000112. The highest BCUT2D eigenvalue weighted by Gasteiger charge is 2.23. The molecule has 4 N–H and O–H groups in total. The van der Waals surface area contributed by atoms with Gasteiger partial charge in [-0.3, -0.25) is 4.57 Å². The molecule has 1 aromatic carbocycles. The van der Waals surface area contributed by atoms with Gasteiger partial charge in [-0.2, -0.15) is 9.97 Å². The zero-order valence-electron chi connectivity index (χ0n) is 15.1. The van der Waals surface area contributed by atoms with Crippen LogP contribution in [0.15, 0.2) is 36.9 Å². The van der Waals surface area contributed by atoms with Crippen LogP contribution in [0.3, 0.4) is 0 Å². The number of aromatic amines is 1. The summed E-state index contributed by atoms with van der Waals surface area (Å²) >= 11 is 0. The number of halogens is 2. The van der Waals surface area contributed by atoms with E-state index in [4.69, 9.17) is 10.7 Å². The summed E-state index contributed by atoms with van der Waals surface area (Å²) in [6.45, 7) is 0. The van der Waals surface area contributed by atoms with Gasteiger partial charge in [-0.15, -0.1) is 24.8 Å². The average molecular weight is 421 g/mol. The standard InChI is InChI=1S/C18H20N8.2ClH/c19-11-5-1-2-6-12(11)23-18-24-16-15(20-9-21-16)17(25-18)26-10-22-13-7-3-4-8-14(13)26;;/h3-4,7-12H,1-2,5-6,19H2,(H2,20,21,23,24,25);2*1H/t11-,12+;;/m1../s1. The van der Waals surface area contributed by atoms with Crippen LogP contribution in [0.1, 0.15) is 25.7 Å². The number of benzene rings is 1. The zero-order chi connectivity index (χ0) is 17.5. The first-order valence-electron chi connectivity index (χ1n) is 8.95. The minimum Gasteiger partial charge on any atom is -0.350 e. The largest absolute Gasteiger partial charge is 0.350 e. The van der Waals surface area contributed by atoms with Crippen LogP contribution in [0, 0.1) is 0 Å². The van der Waals surface area contributed by atoms with Gasteiger partial charge in [0.15, 0.2) is 11.5 Å². The molecule has 0 amide bonds. The molecule has 1 aliphatic rings. The molecule has 5 rings (SSSR count).